The smallest absolute Gasteiger partial charge is 0.234 e. The van der Waals surface area contributed by atoms with Crippen LogP contribution >= 0.6 is 0 Å². The normalized spacial score (nSPS) is 12.3. The van der Waals surface area contributed by atoms with E-state index in [1.807, 2.05) is 73.5 Å². The lowest BCUT2D eigenvalue weighted by molar-refractivity contribution is -0.122. The van der Waals surface area contributed by atoms with E-state index in [0.29, 0.717) is 13.1 Å². The molecular weight excluding hydrogens is 328 g/mol. The van der Waals surface area contributed by atoms with E-state index in [4.69, 9.17) is 9.15 Å². The first-order valence-electron chi connectivity index (χ1n) is 8.64. The summed E-state index contributed by atoms with van der Waals surface area (Å²) in [6, 6.07) is 17.5. The zero-order valence-electron chi connectivity index (χ0n) is 15.4. The van der Waals surface area contributed by atoms with Gasteiger partial charge in [-0.1, -0.05) is 30.3 Å². The summed E-state index contributed by atoms with van der Waals surface area (Å²) in [7, 11) is 3.57. The molecule has 1 N–H and O–H groups in total. The third kappa shape index (κ3) is 4.43. The Balaban J connectivity index is 1.53. The first-order chi connectivity index (χ1) is 12.5. The summed E-state index contributed by atoms with van der Waals surface area (Å²) in [6.07, 6.45) is 0. The van der Waals surface area contributed by atoms with Crippen LogP contribution in [0.5, 0.6) is 5.75 Å². The van der Waals surface area contributed by atoms with Crippen LogP contribution in [0.1, 0.15) is 24.3 Å². The number of carbonyl (C=O) groups excluding carboxylic acids is 1. The topological polar surface area (TPSA) is 54.7 Å². The van der Waals surface area contributed by atoms with Crippen molar-refractivity contribution >= 4 is 16.9 Å². The summed E-state index contributed by atoms with van der Waals surface area (Å²) in [6.45, 7) is 2.94. The minimum absolute atomic E-state index is 0.0334. The number of carbonyl (C=O) groups is 1. The number of benzene rings is 2. The lowest BCUT2D eigenvalue weighted by Crippen LogP contribution is -2.36. The summed E-state index contributed by atoms with van der Waals surface area (Å²) >= 11 is 0. The minimum atomic E-state index is -0.177. The number of hydrogen-bond acceptors (Lipinski definition) is 4. The van der Waals surface area contributed by atoms with Crippen molar-refractivity contribution in [2.75, 3.05) is 20.7 Å². The summed E-state index contributed by atoms with van der Waals surface area (Å²) in [4.78, 5) is 14.3. The fourth-order valence-electron chi connectivity index (χ4n) is 2.92. The van der Waals surface area contributed by atoms with Gasteiger partial charge in [0.25, 0.3) is 0 Å². The van der Waals surface area contributed by atoms with Gasteiger partial charge in [0.05, 0.1) is 19.7 Å². The van der Waals surface area contributed by atoms with Crippen molar-refractivity contribution in [1.82, 2.24) is 10.2 Å². The molecule has 0 radical (unpaired) electrons. The van der Waals surface area contributed by atoms with Crippen molar-refractivity contribution in [3.8, 4) is 5.75 Å². The Morgan fingerprint density at radius 1 is 1.19 bits per heavy atom. The fourth-order valence-corrected chi connectivity index (χ4v) is 2.92. The number of rotatable bonds is 7. The van der Waals surface area contributed by atoms with Crippen LogP contribution in [-0.4, -0.2) is 31.5 Å². The molecule has 3 aromatic rings. The van der Waals surface area contributed by atoms with Crippen LogP contribution in [-0.2, 0) is 11.3 Å². The molecule has 3 rings (SSSR count). The van der Waals surface area contributed by atoms with Gasteiger partial charge in [0.2, 0.25) is 5.91 Å². The molecule has 0 fully saturated rings. The monoisotopic (exact) mass is 352 g/mol. The van der Waals surface area contributed by atoms with Gasteiger partial charge in [-0.25, -0.2) is 0 Å². The largest absolute Gasteiger partial charge is 0.497 e. The molecule has 26 heavy (non-hydrogen) atoms. The number of ether oxygens (including phenoxy) is 1. The molecule has 1 amide bonds. The molecule has 1 aromatic heterocycles. The zero-order valence-corrected chi connectivity index (χ0v) is 15.4. The Kier molecular flexibility index (Phi) is 5.58. The summed E-state index contributed by atoms with van der Waals surface area (Å²) in [5, 5.41) is 4.04. The highest BCUT2D eigenvalue weighted by Gasteiger charge is 2.15. The van der Waals surface area contributed by atoms with E-state index in [0.717, 1.165) is 28.0 Å². The molecule has 0 aliphatic carbocycles. The Morgan fingerprint density at radius 2 is 1.92 bits per heavy atom. The standard InChI is InChI=1S/C21H24N2O3/c1-15(20-12-17-6-4-5-7-19(17)26-20)22-21(24)14-23(2)13-16-8-10-18(25-3)11-9-16/h4-12,15H,13-14H2,1-3H3,(H,22,24)/t15-/m1/s1. The molecule has 5 heteroatoms. The maximum absolute atomic E-state index is 12.3. The number of nitrogens with one attached hydrogen (secondary N) is 1. The summed E-state index contributed by atoms with van der Waals surface area (Å²) < 4.78 is 11.0. The molecule has 0 aliphatic rings. The van der Waals surface area contributed by atoms with E-state index in [9.17, 15) is 4.79 Å². The molecule has 0 aliphatic heterocycles. The van der Waals surface area contributed by atoms with Gasteiger partial charge in [-0.05, 0) is 43.8 Å². The maximum Gasteiger partial charge on any atom is 0.234 e. The van der Waals surface area contributed by atoms with E-state index in [2.05, 4.69) is 5.32 Å². The van der Waals surface area contributed by atoms with Crippen molar-refractivity contribution in [1.29, 1.82) is 0 Å². The SMILES string of the molecule is COc1ccc(CN(C)CC(=O)N[C@H](C)c2cc3ccccc3o2)cc1. The molecule has 1 heterocycles. The number of likely N-dealkylation sites (N-methyl/N-ethyl adjacent to an activating group) is 1. The highest BCUT2D eigenvalue weighted by molar-refractivity contribution is 5.80. The molecular formula is C21H24N2O3. The van der Waals surface area contributed by atoms with Crippen molar-refractivity contribution in [2.45, 2.75) is 19.5 Å². The van der Waals surface area contributed by atoms with Gasteiger partial charge in [0, 0.05) is 11.9 Å². The predicted molar refractivity (Wildman–Crippen MR) is 102 cm³/mol. The average Bonchev–Trinajstić information content (AvgIpc) is 3.06. The van der Waals surface area contributed by atoms with E-state index < -0.39 is 0 Å². The molecule has 0 unspecified atom stereocenters. The Hall–Kier alpha value is -2.79. The van der Waals surface area contributed by atoms with Crippen LogP contribution < -0.4 is 10.1 Å². The maximum atomic E-state index is 12.3. The molecule has 1 atom stereocenters. The first kappa shape index (κ1) is 18.0. The lowest BCUT2D eigenvalue weighted by Gasteiger charge is -2.18. The van der Waals surface area contributed by atoms with Crippen LogP contribution in [0.3, 0.4) is 0 Å². The molecule has 0 saturated carbocycles. The quantitative estimate of drug-likeness (QED) is 0.704. The first-order valence-corrected chi connectivity index (χ1v) is 8.64. The van der Waals surface area contributed by atoms with Crippen LogP contribution in [0.2, 0.25) is 0 Å². The van der Waals surface area contributed by atoms with Gasteiger partial charge in [-0.3, -0.25) is 9.69 Å². The second kappa shape index (κ2) is 8.06. The third-order valence-corrected chi connectivity index (χ3v) is 4.27. The van der Waals surface area contributed by atoms with Crippen LogP contribution in [0.4, 0.5) is 0 Å². The second-order valence-electron chi connectivity index (χ2n) is 6.50. The highest BCUT2D eigenvalue weighted by atomic mass is 16.5. The van der Waals surface area contributed by atoms with Crippen molar-refractivity contribution in [3.05, 3.63) is 65.9 Å². The Morgan fingerprint density at radius 3 is 2.62 bits per heavy atom. The lowest BCUT2D eigenvalue weighted by atomic mass is 10.2. The molecule has 0 saturated heterocycles. The van der Waals surface area contributed by atoms with Crippen molar-refractivity contribution in [3.63, 3.8) is 0 Å². The fraction of sp³-hybridized carbons (Fsp3) is 0.286. The molecule has 136 valence electrons. The third-order valence-electron chi connectivity index (χ3n) is 4.27. The van der Waals surface area contributed by atoms with Gasteiger partial charge in [0.1, 0.15) is 17.1 Å². The van der Waals surface area contributed by atoms with E-state index in [-0.39, 0.29) is 11.9 Å². The van der Waals surface area contributed by atoms with E-state index in [1.54, 1.807) is 7.11 Å². The van der Waals surface area contributed by atoms with Crippen molar-refractivity contribution < 1.29 is 13.9 Å². The van der Waals surface area contributed by atoms with Crippen molar-refractivity contribution in [2.24, 2.45) is 0 Å². The molecule has 0 bridgehead atoms. The number of nitrogens with zero attached hydrogens (tertiary/aromatic N) is 1. The molecule has 0 spiro atoms. The Labute approximate surface area is 153 Å². The molecule has 2 aromatic carbocycles. The molecule has 5 nitrogen and oxygen atoms in total. The number of fused-ring (bicyclic) bond motifs is 1. The Bertz CT molecular complexity index is 837. The van der Waals surface area contributed by atoms with Gasteiger partial charge in [-0.2, -0.15) is 0 Å². The van der Waals surface area contributed by atoms with Gasteiger partial charge in [0.15, 0.2) is 0 Å². The number of para-hydroxylation sites is 1. The number of methoxy groups -OCH3 is 1. The average molecular weight is 352 g/mol. The van der Waals surface area contributed by atoms with Gasteiger partial charge >= 0.3 is 0 Å². The van der Waals surface area contributed by atoms with Gasteiger partial charge < -0.3 is 14.5 Å². The number of hydrogen-bond donors (Lipinski definition) is 1. The highest BCUT2D eigenvalue weighted by Crippen LogP contribution is 2.23. The summed E-state index contributed by atoms with van der Waals surface area (Å²) in [5.41, 5.74) is 1.96. The van der Waals surface area contributed by atoms with E-state index in [1.165, 1.54) is 0 Å². The van der Waals surface area contributed by atoms with Crippen LogP contribution in [0, 0.1) is 0 Å². The zero-order chi connectivity index (χ0) is 18.5. The predicted octanol–water partition coefficient (Wildman–Crippen LogP) is 3.75. The number of furan rings is 1. The second-order valence-corrected chi connectivity index (χ2v) is 6.50. The van der Waals surface area contributed by atoms with Crippen LogP contribution in [0.25, 0.3) is 11.0 Å². The van der Waals surface area contributed by atoms with E-state index >= 15 is 0 Å². The minimum Gasteiger partial charge on any atom is -0.497 e. The summed E-state index contributed by atoms with van der Waals surface area (Å²) in [5.74, 6) is 1.56. The van der Waals surface area contributed by atoms with Crippen LogP contribution in [0.15, 0.2) is 59.0 Å². The number of amides is 1. The van der Waals surface area contributed by atoms with Gasteiger partial charge in [-0.15, -0.1) is 0 Å².